The van der Waals surface area contributed by atoms with E-state index in [9.17, 15) is 9.18 Å². The molecule has 0 unspecified atom stereocenters. The first-order valence-electron chi connectivity index (χ1n) is 11.2. The van der Waals surface area contributed by atoms with Crippen LogP contribution in [0, 0.1) is 11.7 Å². The van der Waals surface area contributed by atoms with Crippen LogP contribution in [0.5, 0.6) is 5.75 Å². The quantitative estimate of drug-likeness (QED) is 0.327. The summed E-state index contributed by atoms with van der Waals surface area (Å²) in [6.07, 6.45) is -0.463. The lowest BCUT2D eigenvalue weighted by atomic mass is 9.74. The molecule has 0 aliphatic carbocycles. The van der Waals surface area contributed by atoms with Gasteiger partial charge in [0.2, 0.25) is 0 Å². The largest absolute Gasteiger partial charge is 0.482 e. The number of aliphatic carboxylic acids is 1. The maximum Gasteiger partial charge on any atom is 0.341 e. The van der Waals surface area contributed by atoms with Crippen molar-refractivity contribution in [1.29, 1.82) is 0 Å². The monoisotopic (exact) mass is 514 g/mol. The van der Waals surface area contributed by atoms with Crippen molar-refractivity contribution in [2.45, 2.75) is 31.5 Å². The highest BCUT2D eigenvalue weighted by Crippen LogP contribution is 2.54. The SMILES string of the molecule is C=C(C)[C@H]1C[C@H](c2ccccc2Cl)[C@H](c2cccc(F)c2)O[C@@H]1c1cc(Cl)ccc1OCC(=O)O. The fourth-order valence-electron chi connectivity index (χ4n) is 4.69. The van der Waals surface area contributed by atoms with Crippen molar-refractivity contribution in [2.75, 3.05) is 6.61 Å². The molecule has 7 heteroatoms. The second kappa shape index (κ2) is 10.8. The van der Waals surface area contributed by atoms with Crippen LogP contribution in [0.25, 0.3) is 0 Å². The third-order valence-electron chi connectivity index (χ3n) is 6.28. The Morgan fingerprint density at radius 3 is 2.54 bits per heavy atom. The van der Waals surface area contributed by atoms with Crippen molar-refractivity contribution in [3.8, 4) is 5.75 Å². The number of rotatable bonds is 7. The van der Waals surface area contributed by atoms with E-state index < -0.39 is 24.8 Å². The Morgan fingerprint density at radius 2 is 1.86 bits per heavy atom. The fourth-order valence-corrected chi connectivity index (χ4v) is 5.15. The molecule has 1 N–H and O–H groups in total. The van der Waals surface area contributed by atoms with E-state index in [1.807, 2.05) is 37.3 Å². The van der Waals surface area contributed by atoms with Gasteiger partial charge in [-0.2, -0.15) is 0 Å². The summed E-state index contributed by atoms with van der Waals surface area (Å²) in [4.78, 5) is 11.2. The maximum absolute atomic E-state index is 14.3. The highest BCUT2D eigenvalue weighted by molar-refractivity contribution is 6.31. The van der Waals surface area contributed by atoms with E-state index in [1.54, 1.807) is 24.3 Å². The molecule has 3 aromatic rings. The highest BCUT2D eigenvalue weighted by atomic mass is 35.5. The summed E-state index contributed by atoms with van der Waals surface area (Å²) < 4.78 is 26.6. The number of benzene rings is 3. The van der Waals surface area contributed by atoms with Crippen molar-refractivity contribution in [3.63, 3.8) is 0 Å². The molecule has 0 aromatic heterocycles. The number of halogens is 3. The normalized spacial score (nSPS) is 21.9. The molecule has 1 aliphatic rings. The van der Waals surface area contributed by atoms with Gasteiger partial charge in [-0.1, -0.05) is 65.7 Å². The van der Waals surface area contributed by atoms with Crippen LogP contribution in [0.3, 0.4) is 0 Å². The summed E-state index contributed by atoms with van der Waals surface area (Å²) in [7, 11) is 0. The summed E-state index contributed by atoms with van der Waals surface area (Å²) in [5.74, 6) is -1.43. The summed E-state index contributed by atoms with van der Waals surface area (Å²) in [5, 5.41) is 10.2. The van der Waals surface area contributed by atoms with Crippen molar-refractivity contribution in [2.24, 2.45) is 5.92 Å². The number of carboxylic acid groups (broad SMARTS) is 1. The van der Waals surface area contributed by atoms with E-state index in [2.05, 4.69) is 6.58 Å². The van der Waals surface area contributed by atoms with E-state index >= 15 is 0 Å². The maximum atomic E-state index is 14.3. The van der Waals surface area contributed by atoms with Gasteiger partial charge in [0.15, 0.2) is 6.61 Å². The predicted molar refractivity (Wildman–Crippen MR) is 135 cm³/mol. The molecule has 4 rings (SSSR count). The van der Waals surface area contributed by atoms with Crippen molar-refractivity contribution >= 4 is 29.2 Å². The first-order valence-corrected chi connectivity index (χ1v) is 11.9. The van der Waals surface area contributed by atoms with Gasteiger partial charge in [-0.05, 0) is 60.9 Å². The average molecular weight is 515 g/mol. The summed E-state index contributed by atoms with van der Waals surface area (Å²) in [6.45, 7) is 5.62. The Balaban J connectivity index is 1.83. The Kier molecular flexibility index (Phi) is 7.80. The van der Waals surface area contributed by atoms with Gasteiger partial charge < -0.3 is 14.6 Å². The third-order valence-corrected chi connectivity index (χ3v) is 6.86. The molecule has 4 atom stereocenters. The lowest BCUT2D eigenvalue weighted by Gasteiger charge is -2.43. The Morgan fingerprint density at radius 1 is 1.09 bits per heavy atom. The second-order valence-electron chi connectivity index (χ2n) is 8.71. The van der Waals surface area contributed by atoms with Crippen LogP contribution in [0.1, 0.15) is 48.2 Å². The van der Waals surface area contributed by atoms with E-state index in [0.717, 1.165) is 11.1 Å². The van der Waals surface area contributed by atoms with Crippen molar-refractivity contribution in [1.82, 2.24) is 0 Å². The van der Waals surface area contributed by atoms with Crippen LogP contribution in [-0.4, -0.2) is 17.7 Å². The van der Waals surface area contributed by atoms with Crippen molar-refractivity contribution < 1.29 is 23.8 Å². The third kappa shape index (κ3) is 5.69. The van der Waals surface area contributed by atoms with Crippen LogP contribution in [0.2, 0.25) is 10.0 Å². The smallest absolute Gasteiger partial charge is 0.341 e. The zero-order valence-corrected chi connectivity index (χ0v) is 20.6. The summed E-state index contributed by atoms with van der Waals surface area (Å²) in [6, 6.07) is 18.9. The lowest BCUT2D eigenvalue weighted by Crippen LogP contribution is -2.32. The van der Waals surface area contributed by atoms with Gasteiger partial charge in [0.1, 0.15) is 11.6 Å². The number of hydrogen-bond acceptors (Lipinski definition) is 3. The second-order valence-corrected chi connectivity index (χ2v) is 9.56. The van der Waals surface area contributed by atoms with Gasteiger partial charge >= 0.3 is 5.97 Å². The van der Waals surface area contributed by atoms with Crippen LogP contribution < -0.4 is 4.74 Å². The molecule has 3 aromatic carbocycles. The molecule has 0 bridgehead atoms. The molecule has 1 aliphatic heterocycles. The topological polar surface area (TPSA) is 55.8 Å². The van der Waals surface area contributed by atoms with E-state index in [0.29, 0.717) is 33.3 Å². The van der Waals surface area contributed by atoms with Crippen LogP contribution in [0.4, 0.5) is 4.39 Å². The van der Waals surface area contributed by atoms with Gasteiger partial charge in [-0.3, -0.25) is 0 Å². The predicted octanol–water partition coefficient (Wildman–Crippen LogP) is 7.77. The molecule has 182 valence electrons. The molecule has 0 saturated carbocycles. The zero-order valence-electron chi connectivity index (χ0n) is 19.1. The number of ether oxygens (including phenoxy) is 2. The minimum absolute atomic E-state index is 0.160. The molecule has 35 heavy (non-hydrogen) atoms. The van der Waals surface area contributed by atoms with Crippen LogP contribution >= 0.6 is 23.2 Å². The van der Waals surface area contributed by atoms with Crippen LogP contribution in [-0.2, 0) is 9.53 Å². The summed E-state index contributed by atoms with van der Waals surface area (Å²) >= 11 is 12.9. The molecule has 4 nitrogen and oxygen atoms in total. The van der Waals surface area contributed by atoms with Crippen LogP contribution in [0.15, 0.2) is 78.9 Å². The average Bonchev–Trinajstić information content (AvgIpc) is 2.82. The van der Waals surface area contributed by atoms with Gasteiger partial charge in [0, 0.05) is 27.4 Å². The molecule has 1 fully saturated rings. The Labute approximate surface area is 213 Å². The molecule has 0 amide bonds. The molecule has 0 radical (unpaired) electrons. The van der Waals surface area contributed by atoms with E-state index in [-0.39, 0.29) is 17.7 Å². The zero-order chi connectivity index (χ0) is 25.1. The molecule has 1 heterocycles. The van der Waals surface area contributed by atoms with E-state index in [1.165, 1.54) is 12.1 Å². The van der Waals surface area contributed by atoms with Gasteiger partial charge in [-0.25, -0.2) is 9.18 Å². The minimum atomic E-state index is -1.09. The highest BCUT2D eigenvalue weighted by Gasteiger charge is 2.42. The molecular weight excluding hydrogens is 490 g/mol. The fraction of sp³-hybridized carbons (Fsp3) is 0.250. The Hall–Kier alpha value is -2.86. The molecular formula is C28H25Cl2FO4. The number of carbonyl (C=O) groups is 1. The Bertz CT molecular complexity index is 1250. The molecule has 1 saturated heterocycles. The minimum Gasteiger partial charge on any atom is -0.482 e. The first kappa shape index (κ1) is 25.2. The van der Waals surface area contributed by atoms with Crippen molar-refractivity contribution in [3.05, 3.63) is 111 Å². The number of carboxylic acids is 1. The van der Waals surface area contributed by atoms with Gasteiger partial charge in [-0.15, -0.1) is 0 Å². The standard InChI is InChI=1S/C28H25Cl2FO4/c1-16(2)21-14-22(20-8-3-4-9-24(20)30)27(17-6-5-7-19(31)12-17)35-28(21)23-13-18(29)10-11-25(23)34-15-26(32)33/h3-13,21-22,27-28H,1,14-15H2,2H3,(H,32,33)/t21-,22-,27+,28+/m1/s1. The summed E-state index contributed by atoms with van der Waals surface area (Å²) in [5.41, 5.74) is 3.08. The van der Waals surface area contributed by atoms with Gasteiger partial charge in [0.25, 0.3) is 0 Å². The first-order chi connectivity index (χ1) is 16.7. The molecule has 0 spiro atoms. The number of hydrogen-bond donors (Lipinski definition) is 1. The van der Waals surface area contributed by atoms with E-state index in [4.69, 9.17) is 37.8 Å². The lowest BCUT2D eigenvalue weighted by molar-refractivity contribution is -0.139. The van der Waals surface area contributed by atoms with Gasteiger partial charge in [0.05, 0.1) is 12.2 Å².